The van der Waals surface area contributed by atoms with Crippen LogP contribution in [0.4, 0.5) is 0 Å². The van der Waals surface area contributed by atoms with Gasteiger partial charge in [-0.05, 0) is 37.3 Å². The molecule has 2 aromatic heterocycles. The van der Waals surface area contributed by atoms with E-state index in [1.165, 1.54) is 35.4 Å². The Bertz CT molecular complexity index is 483. The molecule has 90 valence electrons. The standard InChI is InChI=1S/C13H17N3S/c14-7-6-10-12(9-3-1-4-9)15-16-13(10)11-5-2-8-17-11/h2,5,8-9H,1,3-4,6-7,14H2,(H,15,16). The molecular weight excluding hydrogens is 230 g/mol. The summed E-state index contributed by atoms with van der Waals surface area (Å²) < 4.78 is 0. The van der Waals surface area contributed by atoms with Crippen LogP contribution in [-0.4, -0.2) is 16.7 Å². The number of aromatic amines is 1. The topological polar surface area (TPSA) is 54.7 Å². The molecule has 17 heavy (non-hydrogen) atoms. The van der Waals surface area contributed by atoms with Gasteiger partial charge in [0, 0.05) is 17.2 Å². The van der Waals surface area contributed by atoms with E-state index >= 15 is 0 Å². The molecule has 2 aromatic rings. The zero-order chi connectivity index (χ0) is 11.7. The molecule has 4 heteroatoms. The third kappa shape index (κ3) is 1.91. The Morgan fingerprint density at radius 2 is 2.35 bits per heavy atom. The third-order valence-corrected chi connectivity index (χ3v) is 4.44. The lowest BCUT2D eigenvalue weighted by molar-refractivity contribution is 0.408. The molecule has 0 saturated heterocycles. The van der Waals surface area contributed by atoms with Crippen molar-refractivity contribution >= 4 is 11.3 Å². The maximum Gasteiger partial charge on any atom is 0.106 e. The maximum atomic E-state index is 5.73. The Morgan fingerprint density at radius 3 is 2.94 bits per heavy atom. The largest absolute Gasteiger partial charge is 0.330 e. The molecule has 0 atom stereocenters. The van der Waals surface area contributed by atoms with Crippen LogP contribution in [0.3, 0.4) is 0 Å². The molecule has 0 aromatic carbocycles. The number of nitrogens with zero attached hydrogens (tertiary/aromatic N) is 1. The lowest BCUT2D eigenvalue weighted by Gasteiger charge is -2.25. The second-order valence-electron chi connectivity index (χ2n) is 4.61. The average Bonchev–Trinajstić information content (AvgIpc) is 2.86. The van der Waals surface area contributed by atoms with Crippen molar-refractivity contribution in [1.29, 1.82) is 0 Å². The summed E-state index contributed by atoms with van der Waals surface area (Å²) in [7, 11) is 0. The van der Waals surface area contributed by atoms with Crippen LogP contribution < -0.4 is 5.73 Å². The molecule has 1 fully saturated rings. The average molecular weight is 247 g/mol. The van der Waals surface area contributed by atoms with Gasteiger partial charge in [0.05, 0.1) is 4.88 Å². The summed E-state index contributed by atoms with van der Waals surface area (Å²) in [5, 5.41) is 9.86. The molecule has 1 aliphatic carbocycles. The fourth-order valence-electron chi connectivity index (χ4n) is 2.43. The van der Waals surface area contributed by atoms with Gasteiger partial charge in [-0.15, -0.1) is 11.3 Å². The van der Waals surface area contributed by atoms with E-state index in [0.717, 1.165) is 12.1 Å². The summed E-state index contributed by atoms with van der Waals surface area (Å²) in [5.41, 5.74) is 9.54. The van der Waals surface area contributed by atoms with Crippen molar-refractivity contribution < 1.29 is 0 Å². The van der Waals surface area contributed by atoms with Crippen molar-refractivity contribution in [2.24, 2.45) is 5.73 Å². The Morgan fingerprint density at radius 1 is 1.47 bits per heavy atom. The van der Waals surface area contributed by atoms with Crippen LogP contribution in [0.5, 0.6) is 0 Å². The van der Waals surface area contributed by atoms with Crippen molar-refractivity contribution in [2.45, 2.75) is 31.6 Å². The predicted molar refractivity (Wildman–Crippen MR) is 71.3 cm³/mol. The molecule has 1 saturated carbocycles. The first-order chi connectivity index (χ1) is 8.40. The van der Waals surface area contributed by atoms with Crippen LogP contribution in [-0.2, 0) is 6.42 Å². The van der Waals surface area contributed by atoms with Crippen LogP contribution >= 0.6 is 11.3 Å². The second-order valence-corrected chi connectivity index (χ2v) is 5.56. The Hall–Kier alpha value is -1.13. The minimum absolute atomic E-state index is 0.692. The first-order valence-corrected chi connectivity index (χ1v) is 7.09. The first-order valence-electron chi connectivity index (χ1n) is 6.21. The summed E-state index contributed by atoms with van der Waals surface area (Å²) in [6, 6.07) is 4.20. The normalized spacial score (nSPS) is 16.1. The highest BCUT2D eigenvalue weighted by Gasteiger charge is 2.26. The van der Waals surface area contributed by atoms with Gasteiger partial charge in [-0.1, -0.05) is 12.5 Å². The molecule has 0 unspecified atom stereocenters. The number of nitrogens with one attached hydrogen (secondary N) is 1. The second kappa shape index (κ2) is 4.63. The van der Waals surface area contributed by atoms with E-state index < -0.39 is 0 Å². The molecule has 0 bridgehead atoms. The van der Waals surface area contributed by atoms with Gasteiger partial charge >= 0.3 is 0 Å². The SMILES string of the molecule is NCCc1c(-c2cccs2)n[nH]c1C1CCC1. The van der Waals surface area contributed by atoms with Crippen molar-refractivity contribution in [3.8, 4) is 10.6 Å². The number of hydrogen-bond acceptors (Lipinski definition) is 3. The Kier molecular flexibility index (Phi) is 2.99. The summed E-state index contributed by atoms with van der Waals surface area (Å²) in [5.74, 6) is 0.692. The molecule has 0 aliphatic heterocycles. The van der Waals surface area contributed by atoms with Crippen LogP contribution in [0.1, 0.15) is 36.4 Å². The number of H-pyrrole nitrogens is 1. The fraction of sp³-hybridized carbons (Fsp3) is 0.462. The fourth-order valence-corrected chi connectivity index (χ4v) is 3.17. The van der Waals surface area contributed by atoms with E-state index in [4.69, 9.17) is 5.73 Å². The smallest absolute Gasteiger partial charge is 0.106 e. The van der Waals surface area contributed by atoms with E-state index in [9.17, 15) is 0 Å². The van der Waals surface area contributed by atoms with Crippen LogP contribution in [0.25, 0.3) is 10.6 Å². The zero-order valence-electron chi connectivity index (χ0n) is 9.78. The highest BCUT2D eigenvalue weighted by molar-refractivity contribution is 7.13. The van der Waals surface area contributed by atoms with Gasteiger partial charge < -0.3 is 5.73 Å². The van der Waals surface area contributed by atoms with Gasteiger partial charge in [0.1, 0.15) is 5.69 Å². The molecule has 2 heterocycles. The number of aromatic nitrogens is 2. The Balaban J connectivity index is 2.00. The van der Waals surface area contributed by atoms with Gasteiger partial charge in [-0.3, -0.25) is 5.10 Å². The van der Waals surface area contributed by atoms with Crippen LogP contribution in [0, 0.1) is 0 Å². The van der Waals surface area contributed by atoms with Crippen molar-refractivity contribution in [3.05, 3.63) is 28.8 Å². The number of hydrogen-bond donors (Lipinski definition) is 2. The van der Waals surface area contributed by atoms with Gasteiger partial charge in [0.2, 0.25) is 0 Å². The number of rotatable bonds is 4. The van der Waals surface area contributed by atoms with Crippen molar-refractivity contribution in [2.75, 3.05) is 6.54 Å². The number of nitrogens with two attached hydrogens (primary N) is 1. The van der Waals surface area contributed by atoms with Crippen molar-refractivity contribution in [3.63, 3.8) is 0 Å². The molecule has 0 amide bonds. The first kappa shape index (κ1) is 11.0. The third-order valence-electron chi connectivity index (χ3n) is 3.56. The summed E-state index contributed by atoms with van der Waals surface area (Å²) in [4.78, 5) is 1.25. The Labute approximate surface area is 105 Å². The van der Waals surface area contributed by atoms with Crippen LogP contribution in [0.15, 0.2) is 17.5 Å². The summed E-state index contributed by atoms with van der Waals surface area (Å²) in [6.45, 7) is 0.692. The molecular formula is C13H17N3S. The minimum atomic E-state index is 0.692. The van der Waals surface area contributed by atoms with Gasteiger partial charge in [-0.2, -0.15) is 5.10 Å². The highest BCUT2D eigenvalue weighted by atomic mass is 32.1. The van der Waals surface area contributed by atoms with E-state index in [2.05, 4.69) is 27.7 Å². The quantitative estimate of drug-likeness (QED) is 0.872. The lowest BCUT2D eigenvalue weighted by atomic mass is 9.81. The van der Waals surface area contributed by atoms with Crippen molar-refractivity contribution in [1.82, 2.24) is 10.2 Å². The van der Waals surface area contributed by atoms with E-state index in [1.54, 1.807) is 11.3 Å². The summed E-state index contributed by atoms with van der Waals surface area (Å²) in [6.07, 6.45) is 4.86. The van der Waals surface area contributed by atoms with Gasteiger partial charge in [0.25, 0.3) is 0 Å². The maximum absolute atomic E-state index is 5.73. The molecule has 3 nitrogen and oxygen atoms in total. The monoisotopic (exact) mass is 247 g/mol. The molecule has 0 radical (unpaired) electrons. The minimum Gasteiger partial charge on any atom is -0.330 e. The molecule has 0 spiro atoms. The highest BCUT2D eigenvalue weighted by Crippen LogP contribution is 2.40. The zero-order valence-corrected chi connectivity index (χ0v) is 10.6. The molecule has 1 aliphatic rings. The van der Waals surface area contributed by atoms with Gasteiger partial charge in [0.15, 0.2) is 0 Å². The number of thiophene rings is 1. The van der Waals surface area contributed by atoms with Gasteiger partial charge in [-0.25, -0.2) is 0 Å². The van der Waals surface area contributed by atoms with E-state index in [1.807, 2.05) is 0 Å². The van der Waals surface area contributed by atoms with E-state index in [-0.39, 0.29) is 0 Å². The summed E-state index contributed by atoms with van der Waals surface area (Å²) >= 11 is 1.74. The lowest BCUT2D eigenvalue weighted by Crippen LogP contribution is -2.13. The van der Waals surface area contributed by atoms with E-state index in [0.29, 0.717) is 12.5 Å². The van der Waals surface area contributed by atoms with Crippen LogP contribution in [0.2, 0.25) is 0 Å². The predicted octanol–water partition coefficient (Wildman–Crippen LogP) is 2.91. The molecule has 3 N–H and O–H groups in total. The molecule has 3 rings (SSSR count).